The van der Waals surface area contributed by atoms with Crippen molar-refractivity contribution in [2.75, 3.05) is 31.1 Å². The minimum Gasteiger partial charge on any atom is -0.367 e. The van der Waals surface area contributed by atoms with Crippen molar-refractivity contribution in [1.29, 1.82) is 0 Å². The average molecular weight is 448 g/mol. The number of aryl methyl sites for hydroxylation is 1. The maximum absolute atomic E-state index is 15.9. The lowest BCUT2D eigenvalue weighted by atomic mass is 10.1. The molecule has 0 atom stereocenters. The second-order valence-corrected chi connectivity index (χ2v) is 8.56. The smallest absolute Gasteiger partial charge is 0.172 e. The van der Waals surface area contributed by atoms with Gasteiger partial charge in [0.2, 0.25) is 0 Å². The zero-order valence-electron chi connectivity index (χ0n) is 18.6. The molecule has 0 unspecified atom stereocenters. The van der Waals surface area contributed by atoms with Gasteiger partial charge in [-0.05, 0) is 54.4 Å². The highest BCUT2D eigenvalue weighted by atomic mass is 19.1. The lowest BCUT2D eigenvalue weighted by molar-refractivity contribution is 0.249. The number of rotatable bonds is 5. The van der Waals surface area contributed by atoms with Crippen molar-refractivity contribution < 1.29 is 8.78 Å². The number of hydrogen-bond acceptors (Lipinski definition) is 4. The van der Waals surface area contributed by atoms with E-state index in [-0.39, 0.29) is 11.6 Å². The number of piperazine rings is 1. The van der Waals surface area contributed by atoms with Gasteiger partial charge in [0.15, 0.2) is 5.82 Å². The van der Waals surface area contributed by atoms with Gasteiger partial charge in [-0.25, -0.2) is 13.5 Å². The van der Waals surface area contributed by atoms with E-state index in [0.717, 1.165) is 41.0 Å². The number of aromatic nitrogens is 2. The van der Waals surface area contributed by atoms with E-state index in [1.165, 1.54) is 6.07 Å². The van der Waals surface area contributed by atoms with Crippen molar-refractivity contribution in [3.05, 3.63) is 89.1 Å². The van der Waals surface area contributed by atoms with Crippen molar-refractivity contribution in [2.24, 2.45) is 5.73 Å². The first kappa shape index (κ1) is 21.6. The van der Waals surface area contributed by atoms with Crippen LogP contribution in [0.15, 0.2) is 60.7 Å². The first-order valence-electron chi connectivity index (χ1n) is 11.2. The second kappa shape index (κ2) is 8.92. The van der Waals surface area contributed by atoms with Crippen LogP contribution in [-0.2, 0) is 13.1 Å². The number of anilines is 1. The van der Waals surface area contributed by atoms with Crippen LogP contribution in [0, 0.1) is 18.6 Å². The van der Waals surface area contributed by atoms with Crippen molar-refractivity contribution >= 4 is 16.6 Å². The predicted molar refractivity (Wildman–Crippen MR) is 128 cm³/mol. The third-order valence-electron chi connectivity index (χ3n) is 6.35. The summed E-state index contributed by atoms with van der Waals surface area (Å²) in [7, 11) is 0. The van der Waals surface area contributed by atoms with Gasteiger partial charge in [-0.3, -0.25) is 4.90 Å². The monoisotopic (exact) mass is 447 g/mol. The van der Waals surface area contributed by atoms with Gasteiger partial charge in [0.25, 0.3) is 0 Å². The first-order chi connectivity index (χ1) is 16.0. The number of nitrogens with zero attached hydrogens (tertiary/aromatic N) is 4. The van der Waals surface area contributed by atoms with E-state index in [1.54, 1.807) is 16.8 Å². The van der Waals surface area contributed by atoms with E-state index in [1.807, 2.05) is 49.4 Å². The molecule has 1 fully saturated rings. The molecule has 3 aromatic carbocycles. The van der Waals surface area contributed by atoms with Gasteiger partial charge in [0.1, 0.15) is 11.3 Å². The van der Waals surface area contributed by atoms with Crippen molar-refractivity contribution in [3.63, 3.8) is 0 Å². The van der Waals surface area contributed by atoms with Crippen LogP contribution in [0.25, 0.3) is 16.6 Å². The summed E-state index contributed by atoms with van der Waals surface area (Å²) in [5, 5.41) is 5.43. The molecule has 33 heavy (non-hydrogen) atoms. The fraction of sp³-hybridized carbons (Fsp3) is 0.269. The standard InChI is InChI=1S/C26H27F2N5/c1-18-23-8-9-24(25(28)26(23)33(30-18)22-7-3-4-19(15-22)16-29)32-12-10-31(11-13-32)17-20-5-2-6-21(27)14-20/h2-9,14-15H,10-13,16-17,29H2,1H3. The predicted octanol–water partition coefficient (Wildman–Crippen LogP) is 4.39. The van der Waals surface area contributed by atoms with E-state index in [4.69, 9.17) is 5.73 Å². The Labute approximate surface area is 192 Å². The Kier molecular flexibility index (Phi) is 5.83. The average Bonchev–Trinajstić information content (AvgIpc) is 3.17. The van der Waals surface area contributed by atoms with E-state index in [2.05, 4.69) is 14.9 Å². The summed E-state index contributed by atoms with van der Waals surface area (Å²) in [6.07, 6.45) is 0. The topological polar surface area (TPSA) is 50.3 Å². The second-order valence-electron chi connectivity index (χ2n) is 8.56. The lowest BCUT2D eigenvalue weighted by Gasteiger charge is -2.36. The Balaban J connectivity index is 1.41. The minimum atomic E-state index is -0.259. The molecule has 7 heteroatoms. The molecule has 4 aromatic rings. The maximum Gasteiger partial charge on any atom is 0.172 e. The molecule has 0 radical (unpaired) electrons. The number of halogens is 2. The summed E-state index contributed by atoms with van der Waals surface area (Å²) in [5.41, 5.74) is 10.4. The highest BCUT2D eigenvalue weighted by Gasteiger charge is 2.23. The molecule has 1 aliphatic heterocycles. The normalized spacial score (nSPS) is 14.8. The van der Waals surface area contributed by atoms with Crippen LogP contribution in [0.1, 0.15) is 16.8 Å². The minimum absolute atomic E-state index is 0.217. The summed E-state index contributed by atoms with van der Waals surface area (Å²) >= 11 is 0. The molecule has 0 bridgehead atoms. The zero-order valence-corrected chi connectivity index (χ0v) is 18.6. The Morgan fingerprint density at radius 1 is 0.909 bits per heavy atom. The molecule has 1 aliphatic rings. The van der Waals surface area contributed by atoms with Gasteiger partial charge in [-0.15, -0.1) is 0 Å². The van der Waals surface area contributed by atoms with Crippen LogP contribution in [0.5, 0.6) is 0 Å². The van der Waals surface area contributed by atoms with E-state index < -0.39 is 0 Å². The Morgan fingerprint density at radius 2 is 1.67 bits per heavy atom. The van der Waals surface area contributed by atoms with Crippen LogP contribution >= 0.6 is 0 Å². The van der Waals surface area contributed by atoms with Gasteiger partial charge in [-0.1, -0.05) is 24.3 Å². The Bertz CT molecular complexity index is 1290. The van der Waals surface area contributed by atoms with Crippen LogP contribution < -0.4 is 10.6 Å². The van der Waals surface area contributed by atoms with Gasteiger partial charge in [0.05, 0.1) is 17.1 Å². The molecule has 170 valence electrons. The summed E-state index contributed by atoms with van der Waals surface area (Å²) in [6, 6.07) is 18.3. The molecule has 1 saturated heterocycles. The molecule has 2 N–H and O–H groups in total. The molecule has 0 spiro atoms. The van der Waals surface area contributed by atoms with Gasteiger partial charge in [-0.2, -0.15) is 5.10 Å². The fourth-order valence-corrected chi connectivity index (χ4v) is 4.59. The molecule has 0 saturated carbocycles. The Morgan fingerprint density at radius 3 is 2.42 bits per heavy atom. The summed E-state index contributed by atoms with van der Waals surface area (Å²) in [5.74, 6) is -0.477. The van der Waals surface area contributed by atoms with Gasteiger partial charge in [0, 0.05) is 44.7 Å². The molecule has 0 amide bonds. The number of fused-ring (bicyclic) bond motifs is 1. The third-order valence-corrected chi connectivity index (χ3v) is 6.35. The van der Waals surface area contributed by atoms with Crippen LogP contribution in [-0.4, -0.2) is 40.9 Å². The number of nitrogens with two attached hydrogens (primary N) is 1. The van der Waals surface area contributed by atoms with Gasteiger partial charge < -0.3 is 10.6 Å². The fourth-order valence-electron chi connectivity index (χ4n) is 4.59. The zero-order chi connectivity index (χ0) is 22.9. The molecular formula is C26H27F2N5. The van der Waals surface area contributed by atoms with Gasteiger partial charge >= 0.3 is 0 Å². The van der Waals surface area contributed by atoms with E-state index >= 15 is 4.39 Å². The number of hydrogen-bond donors (Lipinski definition) is 1. The summed E-state index contributed by atoms with van der Waals surface area (Å²) in [6.45, 7) is 5.98. The molecular weight excluding hydrogens is 420 g/mol. The highest BCUT2D eigenvalue weighted by Crippen LogP contribution is 2.32. The van der Waals surface area contributed by atoms with Crippen LogP contribution in [0.4, 0.5) is 14.5 Å². The third kappa shape index (κ3) is 4.21. The number of benzene rings is 3. The van der Waals surface area contributed by atoms with Crippen molar-refractivity contribution in [1.82, 2.24) is 14.7 Å². The molecule has 5 rings (SSSR count). The van der Waals surface area contributed by atoms with Crippen LogP contribution in [0.3, 0.4) is 0 Å². The van der Waals surface area contributed by atoms with E-state index in [9.17, 15) is 4.39 Å². The molecule has 1 aromatic heterocycles. The Hall–Kier alpha value is -3.29. The molecule has 0 aliphatic carbocycles. The van der Waals surface area contributed by atoms with Crippen molar-refractivity contribution in [3.8, 4) is 5.69 Å². The SMILES string of the molecule is Cc1nn(-c2cccc(CN)c2)c2c(F)c(N3CCN(Cc4cccc(F)c4)CC3)ccc12. The lowest BCUT2D eigenvalue weighted by Crippen LogP contribution is -2.46. The molecule has 5 nitrogen and oxygen atoms in total. The largest absolute Gasteiger partial charge is 0.367 e. The highest BCUT2D eigenvalue weighted by molar-refractivity contribution is 5.87. The summed E-state index contributed by atoms with van der Waals surface area (Å²) in [4.78, 5) is 4.36. The van der Waals surface area contributed by atoms with E-state index in [0.29, 0.717) is 37.4 Å². The maximum atomic E-state index is 15.9. The first-order valence-corrected chi connectivity index (χ1v) is 11.2. The quantitative estimate of drug-likeness (QED) is 0.493. The molecule has 2 heterocycles. The summed E-state index contributed by atoms with van der Waals surface area (Å²) < 4.78 is 31.1. The van der Waals surface area contributed by atoms with Crippen molar-refractivity contribution in [2.45, 2.75) is 20.0 Å². The van der Waals surface area contributed by atoms with Crippen LogP contribution in [0.2, 0.25) is 0 Å².